The first-order valence-corrected chi connectivity index (χ1v) is 8.64. The zero-order valence-corrected chi connectivity index (χ0v) is 14.7. The summed E-state index contributed by atoms with van der Waals surface area (Å²) in [4.78, 5) is 25.5. The van der Waals surface area contributed by atoms with Crippen molar-refractivity contribution in [2.24, 2.45) is 0 Å². The summed E-state index contributed by atoms with van der Waals surface area (Å²) in [6, 6.07) is 17.5. The normalized spacial score (nSPS) is 11.0. The van der Waals surface area contributed by atoms with Crippen LogP contribution in [0.3, 0.4) is 0 Å². The van der Waals surface area contributed by atoms with Gasteiger partial charge in [-0.2, -0.15) is 0 Å². The first-order valence-electron chi connectivity index (χ1n) is 8.64. The van der Waals surface area contributed by atoms with E-state index >= 15 is 0 Å². The maximum Gasteiger partial charge on any atom is 0.340 e. The molecule has 4 aromatic rings. The molecule has 4 rings (SSSR count). The summed E-state index contributed by atoms with van der Waals surface area (Å²) in [7, 11) is 0. The van der Waals surface area contributed by atoms with Gasteiger partial charge in [0.15, 0.2) is 5.78 Å². The van der Waals surface area contributed by atoms with Crippen LogP contribution >= 0.6 is 0 Å². The number of benzene rings is 2. The zero-order valence-electron chi connectivity index (χ0n) is 14.7. The summed E-state index contributed by atoms with van der Waals surface area (Å²) in [6.45, 7) is 1.98. The van der Waals surface area contributed by atoms with E-state index in [9.17, 15) is 14.7 Å². The molecule has 0 atom stereocenters. The Kier molecular flexibility index (Phi) is 4.12. The van der Waals surface area contributed by atoms with Gasteiger partial charge in [0.2, 0.25) is 0 Å². The van der Waals surface area contributed by atoms with Crippen molar-refractivity contribution in [3.63, 3.8) is 0 Å². The van der Waals surface area contributed by atoms with Crippen molar-refractivity contribution in [1.82, 2.24) is 4.40 Å². The fraction of sp³-hybridized carbons (Fsp3) is 0.0909. The van der Waals surface area contributed by atoms with Gasteiger partial charge >= 0.3 is 5.97 Å². The Morgan fingerprint density at radius 1 is 0.963 bits per heavy atom. The number of aromatic nitrogens is 1. The number of pyridine rings is 1. The third kappa shape index (κ3) is 2.83. The number of carbonyl (C=O) groups excluding carboxylic acids is 2. The van der Waals surface area contributed by atoms with Gasteiger partial charge in [-0.15, -0.1) is 0 Å². The van der Waals surface area contributed by atoms with Gasteiger partial charge in [0.1, 0.15) is 5.75 Å². The molecule has 5 nitrogen and oxygen atoms in total. The topological polar surface area (TPSA) is 68.0 Å². The van der Waals surface area contributed by atoms with Gasteiger partial charge in [0.05, 0.1) is 28.8 Å². The molecule has 0 radical (unpaired) electrons. The third-order valence-corrected chi connectivity index (χ3v) is 4.50. The lowest BCUT2D eigenvalue weighted by Crippen LogP contribution is -2.10. The number of hydrogen-bond acceptors (Lipinski definition) is 4. The minimum Gasteiger partial charge on any atom is -0.507 e. The molecule has 0 spiro atoms. The first-order chi connectivity index (χ1) is 13.1. The van der Waals surface area contributed by atoms with E-state index < -0.39 is 5.97 Å². The molecule has 0 saturated heterocycles. The van der Waals surface area contributed by atoms with Crippen LogP contribution in [0.4, 0.5) is 0 Å². The van der Waals surface area contributed by atoms with Gasteiger partial charge in [-0.05, 0) is 37.3 Å². The molecule has 5 heteroatoms. The van der Waals surface area contributed by atoms with Crippen LogP contribution in [0.1, 0.15) is 33.2 Å². The number of ketones is 1. The van der Waals surface area contributed by atoms with Gasteiger partial charge < -0.3 is 14.2 Å². The molecule has 0 unspecified atom stereocenters. The standard InChI is InChI=1S/C22H17NO4/c1-2-27-22(26)17-11-15(21(25)16-8-4-6-10-20(16)24)13-23-18-9-5-3-7-14(18)12-19(17)23/h3-13,24H,2H2,1H3. The Hall–Kier alpha value is -3.60. The minimum atomic E-state index is -0.489. The average Bonchev–Trinajstić information content (AvgIpc) is 3.06. The van der Waals surface area contributed by atoms with Crippen LogP contribution in [0.2, 0.25) is 0 Å². The van der Waals surface area contributed by atoms with Crippen LogP contribution < -0.4 is 0 Å². The summed E-state index contributed by atoms with van der Waals surface area (Å²) in [5.74, 6) is -0.951. The van der Waals surface area contributed by atoms with Gasteiger partial charge in [0, 0.05) is 17.1 Å². The van der Waals surface area contributed by atoms with Crippen molar-refractivity contribution in [3.8, 4) is 5.75 Å². The largest absolute Gasteiger partial charge is 0.507 e. The highest BCUT2D eigenvalue weighted by Gasteiger charge is 2.20. The van der Waals surface area contributed by atoms with Crippen molar-refractivity contribution in [2.45, 2.75) is 6.92 Å². The molecule has 0 aliphatic carbocycles. The number of fused-ring (bicyclic) bond motifs is 3. The predicted molar refractivity (Wildman–Crippen MR) is 102 cm³/mol. The number of aromatic hydroxyl groups is 1. The number of phenolic OH excluding ortho intramolecular Hbond substituents is 1. The number of esters is 1. The average molecular weight is 359 g/mol. The number of ether oxygens (including phenoxy) is 1. The second-order valence-corrected chi connectivity index (χ2v) is 6.17. The van der Waals surface area contributed by atoms with E-state index in [2.05, 4.69) is 0 Å². The van der Waals surface area contributed by atoms with E-state index in [0.29, 0.717) is 16.6 Å². The van der Waals surface area contributed by atoms with Crippen LogP contribution in [-0.4, -0.2) is 27.9 Å². The van der Waals surface area contributed by atoms with E-state index in [-0.39, 0.29) is 23.7 Å². The molecule has 0 saturated carbocycles. The van der Waals surface area contributed by atoms with Crippen molar-refractivity contribution in [1.29, 1.82) is 0 Å². The molecule has 2 aromatic carbocycles. The van der Waals surface area contributed by atoms with Crippen LogP contribution in [0.25, 0.3) is 16.4 Å². The van der Waals surface area contributed by atoms with Crippen molar-refractivity contribution >= 4 is 28.2 Å². The Bertz CT molecular complexity index is 1190. The summed E-state index contributed by atoms with van der Waals surface area (Å²) in [5, 5.41) is 11.0. The van der Waals surface area contributed by atoms with Crippen LogP contribution in [0.15, 0.2) is 66.9 Å². The summed E-state index contributed by atoms with van der Waals surface area (Å²) in [5.41, 5.74) is 2.35. The Morgan fingerprint density at radius 3 is 2.48 bits per heavy atom. The highest BCUT2D eigenvalue weighted by molar-refractivity contribution is 6.12. The molecule has 0 aliphatic rings. The maximum absolute atomic E-state index is 13.0. The number of rotatable bonds is 4. The lowest BCUT2D eigenvalue weighted by atomic mass is 10.0. The molecule has 0 bridgehead atoms. The van der Waals surface area contributed by atoms with Crippen molar-refractivity contribution < 1.29 is 19.4 Å². The van der Waals surface area contributed by atoms with Gasteiger partial charge in [-0.25, -0.2) is 4.79 Å². The Labute approximate surface area is 155 Å². The maximum atomic E-state index is 13.0. The number of hydrogen-bond donors (Lipinski definition) is 1. The molecule has 2 aromatic heterocycles. The third-order valence-electron chi connectivity index (χ3n) is 4.50. The summed E-state index contributed by atoms with van der Waals surface area (Å²) < 4.78 is 7.00. The number of nitrogens with zero attached hydrogens (tertiary/aromatic N) is 1. The smallest absolute Gasteiger partial charge is 0.340 e. The number of carbonyl (C=O) groups is 2. The van der Waals surface area contributed by atoms with Gasteiger partial charge in [-0.1, -0.05) is 30.3 Å². The molecule has 134 valence electrons. The lowest BCUT2D eigenvalue weighted by Gasteiger charge is -2.10. The molecular weight excluding hydrogens is 342 g/mol. The Morgan fingerprint density at radius 2 is 1.70 bits per heavy atom. The van der Waals surface area contributed by atoms with Crippen LogP contribution in [0.5, 0.6) is 5.75 Å². The van der Waals surface area contributed by atoms with E-state index in [1.165, 1.54) is 12.1 Å². The van der Waals surface area contributed by atoms with E-state index in [1.807, 2.05) is 34.7 Å². The zero-order chi connectivity index (χ0) is 19.0. The summed E-state index contributed by atoms with van der Waals surface area (Å²) in [6.07, 6.45) is 1.69. The fourth-order valence-corrected chi connectivity index (χ4v) is 3.25. The van der Waals surface area contributed by atoms with E-state index in [0.717, 1.165) is 10.9 Å². The van der Waals surface area contributed by atoms with E-state index in [1.54, 1.807) is 31.3 Å². The van der Waals surface area contributed by atoms with Crippen molar-refractivity contribution in [2.75, 3.05) is 6.61 Å². The minimum absolute atomic E-state index is 0.0994. The molecule has 1 N–H and O–H groups in total. The highest BCUT2D eigenvalue weighted by atomic mass is 16.5. The van der Waals surface area contributed by atoms with Crippen LogP contribution in [-0.2, 0) is 4.74 Å². The van der Waals surface area contributed by atoms with Crippen LogP contribution in [0, 0.1) is 0 Å². The first kappa shape index (κ1) is 16.8. The Balaban J connectivity index is 1.99. The molecule has 0 aliphatic heterocycles. The molecular formula is C22H17NO4. The van der Waals surface area contributed by atoms with Gasteiger partial charge in [0.25, 0.3) is 0 Å². The second-order valence-electron chi connectivity index (χ2n) is 6.17. The number of phenols is 1. The fourth-order valence-electron chi connectivity index (χ4n) is 3.25. The summed E-state index contributed by atoms with van der Waals surface area (Å²) >= 11 is 0. The highest BCUT2D eigenvalue weighted by Crippen LogP contribution is 2.27. The van der Waals surface area contributed by atoms with Crippen molar-refractivity contribution in [3.05, 3.63) is 83.6 Å². The number of para-hydroxylation sites is 2. The van der Waals surface area contributed by atoms with E-state index in [4.69, 9.17) is 4.74 Å². The molecule has 0 amide bonds. The quantitative estimate of drug-likeness (QED) is 0.438. The molecule has 27 heavy (non-hydrogen) atoms. The molecule has 2 heterocycles. The predicted octanol–water partition coefficient (Wildman–Crippen LogP) is 4.21. The molecule has 0 fully saturated rings. The SMILES string of the molecule is CCOC(=O)c1cc(C(=O)c2ccccc2O)cn2c1cc1ccccc12. The van der Waals surface area contributed by atoms with Gasteiger partial charge in [-0.3, -0.25) is 4.79 Å². The monoisotopic (exact) mass is 359 g/mol. The lowest BCUT2D eigenvalue weighted by molar-refractivity contribution is 0.0528. The second kappa shape index (κ2) is 6.61.